The van der Waals surface area contributed by atoms with E-state index in [4.69, 9.17) is 4.74 Å². The molecule has 2 nitrogen and oxygen atoms in total. The third-order valence-corrected chi connectivity index (χ3v) is 1.08. The van der Waals surface area contributed by atoms with Crippen molar-refractivity contribution in [3.63, 3.8) is 0 Å². The highest BCUT2D eigenvalue weighted by atomic mass is 79.9. The minimum Gasteiger partial charge on any atom is -0.450 e. The van der Waals surface area contributed by atoms with Gasteiger partial charge in [-0.1, -0.05) is 0 Å². The highest BCUT2D eigenvalue weighted by molar-refractivity contribution is 9.08. The van der Waals surface area contributed by atoms with Gasteiger partial charge in [-0.05, 0) is 6.08 Å². The highest BCUT2D eigenvalue weighted by Crippen LogP contribution is 2.03. The molecule has 0 bridgehead atoms. The summed E-state index contributed by atoms with van der Waals surface area (Å²) in [5.74, 6) is 0.722. The maximum Gasteiger partial charge on any atom is 0.204 e. The molecule has 0 saturated heterocycles. The molecule has 0 N–H and O–H groups in total. The van der Waals surface area contributed by atoms with Crippen LogP contribution in [0.5, 0.6) is 0 Å². The number of hydrogen-bond donors (Lipinski definition) is 0. The van der Waals surface area contributed by atoms with Crippen molar-refractivity contribution in [3.05, 3.63) is 12.3 Å². The van der Waals surface area contributed by atoms with Gasteiger partial charge in [-0.2, -0.15) is 4.02 Å². The molecular formula is C4H5Br2NO. The van der Waals surface area contributed by atoms with Crippen LogP contribution in [0, 0.1) is 0 Å². The van der Waals surface area contributed by atoms with Crippen molar-refractivity contribution in [2.75, 3.05) is 0 Å². The number of rotatable bonds is 0. The van der Waals surface area contributed by atoms with E-state index >= 15 is 0 Å². The third-order valence-electron chi connectivity index (χ3n) is 0.687. The van der Waals surface area contributed by atoms with Crippen LogP contribution in [0.1, 0.15) is 6.42 Å². The number of hydrogen-bond acceptors (Lipinski definition) is 2. The SMILES string of the molecule is Br.BrN=C1CC=CO1. The molecule has 0 spiro atoms. The molecule has 0 aromatic carbocycles. The fraction of sp³-hybridized carbons (Fsp3) is 0.250. The van der Waals surface area contributed by atoms with E-state index in [2.05, 4.69) is 20.2 Å². The van der Waals surface area contributed by atoms with E-state index in [9.17, 15) is 0 Å². The molecular weight excluding hydrogens is 238 g/mol. The summed E-state index contributed by atoms with van der Waals surface area (Å²) in [7, 11) is 0. The van der Waals surface area contributed by atoms with Crippen LogP contribution < -0.4 is 0 Å². The van der Waals surface area contributed by atoms with Crippen LogP contribution >= 0.6 is 33.1 Å². The summed E-state index contributed by atoms with van der Waals surface area (Å²) in [6.07, 6.45) is 4.34. The van der Waals surface area contributed by atoms with Gasteiger partial charge in [-0.25, -0.2) is 0 Å². The number of ether oxygens (including phenoxy) is 1. The molecule has 1 rings (SSSR count). The average Bonchev–Trinajstić information content (AvgIpc) is 2.14. The van der Waals surface area contributed by atoms with E-state index in [1.165, 1.54) is 0 Å². The Hall–Kier alpha value is 0.170. The highest BCUT2D eigenvalue weighted by Gasteiger charge is 1.99. The molecule has 4 heteroatoms. The normalized spacial score (nSPS) is 20.4. The minimum absolute atomic E-state index is 0. The van der Waals surface area contributed by atoms with Gasteiger partial charge in [0.05, 0.1) is 22.4 Å². The maximum atomic E-state index is 4.82. The second-order valence-electron chi connectivity index (χ2n) is 1.17. The average molecular weight is 243 g/mol. The first kappa shape index (κ1) is 8.17. The van der Waals surface area contributed by atoms with Crippen molar-refractivity contribution >= 4 is 39.0 Å². The number of halogens is 2. The fourth-order valence-corrected chi connectivity index (χ4v) is 0.606. The lowest BCUT2D eigenvalue weighted by Gasteiger charge is -1.87. The van der Waals surface area contributed by atoms with Crippen molar-refractivity contribution in [3.8, 4) is 0 Å². The topological polar surface area (TPSA) is 21.6 Å². The molecule has 1 heterocycles. The Kier molecular flexibility index (Phi) is 4.18. The summed E-state index contributed by atoms with van der Waals surface area (Å²) in [5, 5.41) is 0. The first-order valence-electron chi connectivity index (χ1n) is 1.93. The molecule has 0 aromatic heterocycles. The molecule has 1 aliphatic heterocycles. The lowest BCUT2D eigenvalue weighted by molar-refractivity contribution is 0.484. The summed E-state index contributed by atoms with van der Waals surface area (Å²) in [6, 6.07) is 0. The van der Waals surface area contributed by atoms with Crippen molar-refractivity contribution < 1.29 is 4.74 Å². The van der Waals surface area contributed by atoms with Gasteiger partial charge >= 0.3 is 0 Å². The maximum absolute atomic E-state index is 4.82. The summed E-state index contributed by atoms with van der Waals surface area (Å²) in [5.41, 5.74) is 0. The van der Waals surface area contributed by atoms with E-state index in [1.54, 1.807) is 6.26 Å². The van der Waals surface area contributed by atoms with Gasteiger partial charge in [0, 0.05) is 6.42 Å². The van der Waals surface area contributed by atoms with Crippen molar-refractivity contribution in [2.24, 2.45) is 4.02 Å². The first-order chi connectivity index (χ1) is 3.43. The van der Waals surface area contributed by atoms with Gasteiger partial charge in [-0.3, -0.25) is 0 Å². The smallest absolute Gasteiger partial charge is 0.204 e. The van der Waals surface area contributed by atoms with Crippen LogP contribution in [0.25, 0.3) is 0 Å². The van der Waals surface area contributed by atoms with Crippen LogP contribution in [0.4, 0.5) is 0 Å². The molecule has 0 radical (unpaired) electrons. The minimum atomic E-state index is 0. The Morgan fingerprint density at radius 3 is 2.75 bits per heavy atom. The Morgan fingerprint density at radius 1 is 1.75 bits per heavy atom. The number of nitrogens with zero attached hydrogens (tertiary/aromatic N) is 1. The lowest BCUT2D eigenvalue weighted by Crippen LogP contribution is -1.87. The molecule has 8 heavy (non-hydrogen) atoms. The summed E-state index contributed by atoms with van der Waals surface area (Å²) >= 11 is 2.90. The van der Waals surface area contributed by atoms with Gasteiger partial charge in [0.2, 0.25) is 5.90 Å². The molecule has 0 fully saturated rings. The van der Waals surface area contributed by atoms with E-state index < -0.39 is 0 Å². The van der Waals surface area contributed by atoms with Gasteiger partial charge in [0.15, 0.2) is 0 Å². The van der Waals surface area contributed by atoms with Crippen molar-refractivity contribution in [1.29, 1.82) is 0 Å². The fourth-order valence-electron chi connectivity index (χ4n) is 0.378. The molecule has 0 amide bonds. The zero-order valence-electron chi connectivity index (χ0n) is 4.00. The molecule has 0 aliphatic carbocycles. The Bertz CT molecular complexity index is 111. The van der Waals surface area contributed by atoms with Crippen LogP contribution in [-0.4, -0.2) is 5.90 Å². The molecule has 0 atom stereocenters. The van der Waals surface area contributed by atoms with E-state index in [0.29, 0.717) is 0 Å². The van der Waals surface area contributed by atoms with Crippen LogP contribution in [-0.2, 0) is 4.74 Å². The van der Waals surface area contributed by atoms with E-state index in [0.717, 1.165) is 12.3 Å². The van der Waals surface area contributed by atoms with Gasteiger partial charge in [0.25, 0.3) is 0 Å². The largest absolute Gasteiger partial charge is 0.450 e. The predicted octanol–water partition coefficient (Wildman–Crippen LogP) is 2.21. The molecule has 1 aliphatic rings. The standard InChI is InChI=1S/C4H4BrNO.BrH/c5-6-4-2-1-3-7-4;/h1,3H,2H2;1H. The summed E-state index contributed by atoms with van der Waals surface area (Å²) < 4.78 is 8.46. The van der Waals surface area contributed by atoms with E-state index in [-0.39, 0.29) is 17.0 Å². The van der Waals surface area contributed by atoms with Crippen molar-refractivity contribution in [1.82, 2.24) is 0 Å². The summed E-state index contributed by atoms with van der Waals surface area (Å²) in [4.78, 5) is 0. The van der Waals surface area contributed by atoms with Crippen molar-refractivity contribution in [2.45, 2.75) is 6.42 Å². The van der Waals surface area contributed by atoms with Crippen LogP contribution in [0.2, 0.25) is 0 Å². The molecule has 0 saturated carbocycles. The first-order valence-corrected chi connectivity index (χ1v) is 2.64. The summed E-state index contributed by atoms with van der Waals surface area (Å²) in [6.45, 7) is 0. The monoisotopic (exact) mass is 241 g/mol. The zero-order valence-corrected chi connectivity index (χ0v) is 7.30. The van der Waals surface area contributed by atoms with E-state index in [1.807, 2.05) is 6.08 Å². The van der Waals surface area contributed by atoms with Gasteiger partial charge in [0.1, 0.15) is 0 Å². The third kappa shape index (κ3) is 1.96. The lowest BCUT2D eigenvalue weighted by atomic mass is 10.5. The predicted molar refractivity (Wildman–Crippen MR) is 41.5 cm³/mol. The molecule has 0 unspecified atom stereocenters. The zero-order chi connectivity index (χ0) is 5.11. The Balaban J connectivity index is 0.000000490. The van der Waals surface area contributed by atoms with Gasteiger partial charge in [-0.15, -0.1) is 17.0 Å². The van der Waals surface area contributed by atoms with Gasteiger partial charge < -0.3 is 4.74 Å². The second kappa shape index (κ2) is 4.09. The van der Waals surface area contributed by atoms with Crippen LogP contribution in [0.3, 0.4) is 0 Å². The quantitative estimate of drug-likeness (QED) is 0.639. The Labute approximate surface area is 66.7 Å². The second-order valence-corrected chi connectivity index (χ2v) is 1.53. The molecule has 0 aromatic rings. The Morgan fingerprint density at radius 2 is 2.50 bits per heavy atom. The molecule has 46 valence electrons. The van der Waals surface area contributed by atoms with Crippen LogP contribution in [0.15, 0.2) is 16.4 Å².